The summed E-state index contributed by atoms with van der Waals surface area (Å²) in [7, 11) is 0. The maximum absolute atomic E-state index is 13.1. The summed E-state index contributed by atoms with van der Waals surface area (Å²) in [4.78, 5) is 27.2. The Morgan fingerprint density at radius 2 is 1.96 bits per heavy atom. The summed E-state index contributed by atoms with van der Waals surface area (Å²) >= 11 is 6.01. The Labute approximate surface area is 142 Å². The maximum Gasteiger partial charge on any atom is 0.241 e. The summed E-state index contributed by atoms with van der Waals surface area (Å²) in [6.07, 6.45) is 2.56. The third-order valence-electron chi connectivity index (χ3n) is 5.13. The fourth-order valence-electron chi connectivity index (χ4n) is 4.20. The number of halogens is 1. The second-order valence-electron chi connectivity index (χ2n) is 6.36. The van der Waals surface area contributed by atoms with Gasteiger partial charge >= 0.3 is 0 Å². The molecular formula is C17H14ClNO5. The number of carbonyl (C=O) groups excluding carboxylic acids is 2. The van der Waals surface area contributed by atoms with E-state index in [-0.39, 0.29) is 11.8 Å². The van der Waals surface area contributed by atoms with Crippen molar-refractivity contribution in [1.29, 1.82) is 0 Å². The lowest BCUT2D eigenvalue weighted by atomic mass is 9.76. The fourth-order valence-corrected chi connectivity index (χ4v) is 4.38. The van der Waals surface area contributed by atoms with E-state index in [1.165, 1.54) is 4.90 Å². The maximum atomic E-state index is 13.1. The van der Waals surface area contributed by atoms with E-state index in [1.807, 2.05) is 12.2 Å². The minimum atomic E-state index is -1.02. The molecule has 6 nitrogen and oxygen atoms in total. The molecule has 4 heterocycles. The Morgan fingerprint density at radius 1 is 1.17 bits per heavy atom. The van der Waals surface area contributed by atoms with Gasteiger partial charge in [-0.1, -0.05) is 23.7 Å². The number of anilines is 1. The molecule has 0 aliphatic carbocycles. The molecule has 5 rings (SSSR count). The Hall–Kier alpha value is -1.73. The molecule has 0 radical (unpaired) electrons. The zero-order valence-electron chi connectivity index (χ0n) is 12.6. The first-order valence-electron chi connectivity index (χ1n) is 7.85. The Kier molecular flexibility index (Phi) is 2.98. The van der Waals surface area contributed by atoms with Crippen molar-refractivity contribution < 1.29 is 23.8 Å². The van der Waals surface area contributed by atoms with Gasteiger partial charge in [0, 0.05) is 5.02 Å². The SMILES string of the molecule is O=C1[C@@H]2[C@H]3C=C[C@@](C4OCCO4)(O3)[C@H]2C(=O)N1c1cccc(Cl)c1. The van der Waals surface area contributed by atoms with Crippen molar-refractivity contribution in [3.05, 3.63) is 41.4 Å². The van der Waals surface area contributed by atoms with Gasteiger partial charge in [0.1, 0.15) is 0 Å². The third kappa shape index (κ3) is 1.71. The van der Waals surface area contributed by atoms with Crippen molar-refractivity contribution >= 4 is 29.1 Å². The van der Waals surface area contributed by atoms with E-state index in [1.54, 1.807) is 24.3 Å². The first kappa shape index (κ1) is 14.6. The lowest BCUT2D eigenvalue weighted by molar-refractivity contribution is -0.180. The van der Waals surface area contributed by atoms with Gasteiger partial charge in [0.2, 0.25) is 11.8 Å². The van der Waals surface area contributed by atoms with E-state index in [0.29, 0.717) is 23.9 Å². The average Bonchev–Trinajstić information content (AvgIpc) is 3.31. The van der Waals surface area contributed by atoms with Gasteiger partial charge in [-0.15, -0.1) is 0 Å². The minimum absolute atomic E-state index is 0.263. The summed E-state index contributed by atoms with van der Waals surface area (Å²) in [6.45, 7) is 0.900. The van der Waals surface area contributed by atoms with Gasteiger partial charge in [0.25, 0.3) is 0 Å². The molecule has 4 atom stereocenters. The van der Waals surface area contributed by atoms with Gasteiger partial charge in [-0.05, 0) is 24.3 Å². The topological polar surface area (TPSA) is 65.1 Å². The molecule has 3 saturated heterocycles. The van der Waals surface area contributed by atoms with E-state index in [0.717, 1.165) is 0 Å². The number of nitrogens with zero attached hydrogens (tertiary/aromatic N) is 1. The van der Waals surface area contributed by atoms with Crippen molar-refractivity contribution in [3.63, 3.8) is 0 Å². The Morgan fingerprint density at radius 3 is 2.71 bits per heavy atom. The van der Waals surface area contributed by atoms with Crippen LogP contribution in [0.25, 0.3) is 0 Å². The normalized spacial score (nSPS) is 37.7. The molecule has 1 aromatic rings. The molecule has 1 aromatic carbocycles. The number of imide groups is 1. The summed E-state index contributed by atoms with van der Waals surface area (Å²) in [5, 5.41) is 0.472. The third-order valence-corrected chi connectivity index (χ3v) is 5.37. The van der Waals surface area contributed by atoms with Crippen molar-refractivity contribution in [2.75, 3.05) is 18.1 Å². The minimum Gasteiger partial charge on any atom is -0.357 e. The molecule has 2 amide bonds. The van der Waals surface area contributed by atoms with Gasteiger partial charge in [-0.25, -0.2) is 4.90 Å². The van der Waals surface area contributed by atoms with Crippen LogP contribution in [-0.4, -0.2) is 43.0 Å². The number of ether oxygens (including phenoxy) is 3. The summed E-state index contributed by atoms with van der Waals surface area (Å²) in [5.41, 5.74) is -0.541. The molecular weight excluding hydrogens is 334 g/mol. The highest BCUT2D eigenvalue weighted by atomic mass is 35.5. The van der Waals surface area contributed by atoms with Gasteiger partial charge in [0.15, 0.2) is 11.9 Å². The number of benzene rings is 1. The van der Waals surface area contributed by atoms with Crippen LogP contribution in [0.2, 0.25) is 5.02 Å². The number of hydrogen-bond acceptors (Lipinski definition) is 5. The van der Waals surface area contributed by atoms with Crippen LogP contribution in [0.5, 0.6) is 0 Å². The predicted molar refractivity (Wildman–Crippen MR) is 83.4 cm³/mol. The molecule has 124 valence electrons. The average molecular weight is 348 g/mol. The lowest BCUT2D eigenvalue weighted by Gasteiger charge is -2.32. The molecule has 0 N–H and O–H groups in total. The van der Waals surface area contributed by atoms with Crippen LogP contribution in [0.15, 0.2) is 36.4 Å². The number of fused-ring (bicyclic) bond motifs is 5. The summed E-state index contributed by atoms with van der Waals surface area (Å²) in [5.74, 6) is -1.74. The summed E-state index contributed by atoms with van der Waals surface area (Å²) in [6, 6.07) is 6.74. The highest BCUT2D eigenvalue weighted by molar-refractivity contribution is 6.31. The molecule has 4 aliphatic rings. The molecule has 24 heavy (non-hydrogen) atoms. The second kappa shape index (κ2) is 4.89. The zero-order chi connectivity index (χ0) is 16.5. The van der Waals surface area contributed by atoms with E-state index < -0.39 is 29.8 Å². The lowest BCUT2D eigenvalue weighted by Crippen LogP contribution is -2.49. The van der Waals surface area contributed by atoms with Crippen molar-refractivity contribution in [2.24, 2.45) is 11.8 Å². The Bertz CT molecular complexity index is 774. The van der Waals surface area contributed by atoms with Crippen molar-refractivity contribution in [2.45, 2.75) is 18.0 Å². The van der Waals surface area contributed by atoms with E-state index >= 15 is 0 Å². The van der Waals surface area contributed by atoms with Gasteiger partial charge in [0.05, 0.1) is 36.8 Å². The highest BCUT2D eigenvalue weighted by Gasteiger charge is 2.71. The number of hydrogen-bond donors (Lipinski definition) is 0. The van der Waals surface area contributed by atoms with Crippen LogP contribution in [0.1, 0.15) is 0 Å². The largest absolute Gasteiger partial charge is 0.357 e. The first-order valence-corrected chi connectivity index (χ1v) is 8.23. The smallest absolute Gasteiger partial charge is 0.241 e. The van der Waals surface area contributed by atoms with Crippen LogP contribution in [0.3, 0.4) is 0 Å². The highest BCUT2D eigenvalue weighted by Crippen LogP contribution is 2.55. The van der Waals surface area contributed by atoms with Crippen LogP contribution in [-0.2, 0) is 23.8 Å². The molecule has 4 aliphatic heterocycles. The molecule has 3 fully saturated rings. The number of rotatable bonds is 2. The molecule has 2 bridgehead atoms. The quantitative estimate of drug-likeness (QED) is 0.599. The van der Waals surface area contributed by atoms with Crippen LogP contribution >= 0.6 is 11.6 Å². The second-order valence-corrected chi connectivity index (χ2v) is 6.80. The molecule has 0 unspecified atom stereocenters. The molecule has 0 aromatic heterocycles. The summed E-state index contributed by atoms with van der Waals surface area (Å²) < 4.78 is 17.2. The molecule has 7 heteroatoms. The van der Waals surface area contributed by atoms with Crippen molar-refractivity contribution in [1.82, 2.24) is 0 Å². The standard InChI is InChI=1S/C17H14ClNO5/c18-9-2-1-3-10(8-9)19-14(20)12-11-4-5-17(24-11,13(12)15(19)21)16-22-6-7-23-16/h1-5,8,11-13,16H,6-7H2/t11-,12-,13-,17-/m1/s1. The van der Waals surface area contributed by atoms with Crippen LogP contribution in [0.4, 0.5) is 5.69 Å². The Balaban J connectivity index is 1.57. The molecule has 0 saturated carbocycles. The van der Waals surface area contributed by atoms with Gasteiger partial charge < -0.3 is 14.2 Å². The monoisotopic (exact) mass is 347 g/mol. The number of carbonyl (C=O) groups is 2. The fraction of sp³-hybridized carbons (Fsp3) is 0.412. The number of amides is 2. The zero-order valence-corrected chi connectivity index (χ0v) is 13.3. The van der Waals surface area contributed by atoms with E-state index in [2.05, 4.69) is 0 Å². The van der Waals surface area contributed by atoms with Crippen molar-refractivity contribution in [3.8, 4) is 0 Å². The van der Waals surface area contributed by atoms with Gasteiger partial charge in [-0.3, -0.25) is 9.59 Å². The van der Waals surface area contributed by atoms with Crippen LogP contribution < -0.4 is 4.90 Å². The first-order chi connectivity index (χ1) is 11.6. The predicted octanol–water partition coefficient (Wildman–Crippen LogP) is 1.53. The van der Waals surface area contributed by atoms with Gasteiger partial charge in [-0.2, -0.15) is 0 Å². The van der Waals surface area contributed by atoms with Crippen LogP contribution in [0, 0.1) is 11.8 Å². The van der Waals surface area contributed by atoms with E-state index in [9.17, 15) is 9.59 Å². The van der Waals surface area contributed by atoms with E-state index in [4.69, 9.17) is 25.8 Å². The molecule has 0 spiro atoms.